The lowest BCUT2D eigenvalue weighted by Gasteiger charge is -2.13. The molecule has 2 N–H and O–H groups in total. The zero-order valence-electron chi connectivity index (χ0n) is 32.7. The number of nitriles is 2. The smallest absolute Gasteiger partial charge is 0.255 e. The third-order valence-electron chi connectivity index (χ3n) is 9.57. The molecule has 5 aromatic rings. The van der Waals surface area contributed by atoms with Crippen molar-refractivity contribution in [3.8, 4) is 17.9 Å². The van der Waals surface area contributed by atoms with E-state index in [-0.39, 0.29) is 22.9 Å². The van der Waals surface area contributed by atoms with Crippen LogP contribution in [0.15, 0.2) is 127 Å². The lowest BCUT2D eigenvalue weighted by atomic mass is 10.0. The number of hydrogen-bond acceptors (Lipinski definition) is 5. The van der Waals surface area contributed by atoms with Gasteiger partial charge in [0.25, 0.3) is 11.8 Å². The Morgan fingerprint density at radius 3 is 1.33 bits per heavy atom. The molecule has 0 aliphatic rings. The van der Waals surface area contributed by atoms with Gasteiger partial charge in [0.05, 0.1) is 29.9 Å². The maximum Gasteiger partial charge on any atom is 0.255 e. The third kappa shape index (κ3) is 13.5. The minimum Gasteiger partial charge on any atom is -0.494 e. The molecular formula is C50H50N4O3. The van der Waals surface area contributed by atoms with Crippen LogP contribution in [0.1, 0.15) is 114 Å². The van der Waals surface area contributed by atoms with Crippen molar-refractivity contribution < 1.29 is 14.3 Å². The average molecular weight is 755 g/mol. The monoisotopic (exact) mass is 754 g/mol. The predicted molar refractivity (Wildman–Crippen MR) is 232 cm³/mol. The van der Waals surface area contributed by atoms with Gasteiger partial charge in [-0.05, 0) is 83.3 Å². The van der Waals surface area contributed by atoms with Crippen LogP contribution in [-0.4, -0.2) is 18.4 Å². The predicted octanol–water partition coefficient (Wildman–Crippen LogP) is 12.6. The van der Waals surface area contributed by atoms with Crippen LogP contribution in [0.25, 0.3) is 23.3 Å². The van der Waals surface area contributed by atoms with Gasteiger partial charge in [0, 0.05) is 22.5 Å². The Labute approximate surface area is 337 Å². The van der Waals surface area contributed by atoms with Crippen LogP contribution < -0.4 is 15.4 Å². The Morgan fingerprint density at radius 2 is 0.930 bits per heavy atom. The Morgan fingerprint density at radius 1 is 0.526 bits per heavy atom. The van der Waals surface area contributed by atoms with Crippen molar-refractivity contribution in [3.05, 3.63) is 161 Å². The third-order valence-corrected chi connectivity index (χ3v) is 9.57. The Bertz CT molecular complexity index is 2050. The second kappa shape index (κ2) is 22.6. The van der Waals surface area contributed by atoms with Gasteiger partial charge in [-0.15, -0.1) is 0 Å². The molecule has 5 rings (SSSR count). The van der Waals surface area contributed by atoms with E-state index in [0.29, 0.717) is 34.9 Å². The molecule has 0 heterocycles. The van der Waals surface area contributed by atoms with Crippen molar-refractivity contribution in [1.29, 1.82) is 10.5 Å². The molecule has 57 heavy (non-hydrogen) atoms. The second-order valence-corrected chi connectivity index (χ2v) is 14.0. The molecule has 2 amide bonds. The first-order valence-corrected chi connectivity index (χ1v) is 19.9. The van der Waals surface area contributed by atoms with E-state index in [4.69, 9.17) is 4.74 Å². The topological polar surface area (TPSA) is 115 Å². The molecule has 0 aliphatic carbocycles. The van der Waals surface area contributed by atoms with E-state index in [0.717, 1.165) is 41.5 Å². The van der Waals surface area contributed by atoms with Gasteiger partial charge in [0.15, 0.2) is 0 Å². The summed E-state index contributed by atoms with van der Waals surface area (Å²) in [6.45, 7) is 2.72. The number of amides is 2. The highest BCUT2D eigenvalue weighted by atomic mass is 16.5. The van der Waals surface area contributed by atoms with Crippen molar-refractivity contribution in [2.24, 2.45) is 0 Å². The second-order valence-electron chi connectivity index (χ2n) is 14.0. The van der Waals surface area contributed by atoms with E-state index in [1.165, 1.54) is 44.9 Å². The summed E-state index contributed by atoms with van der Waals surface area (Å²) in [4.78, 5) is 27.2. The number of benzene rings is 5. The maximum atomic E-state index is 13.6. The molecule has 5 aromatic carbocycles. The summed E-state index contributed by atoms with van der Waals surface area (Å²) in [7, 11) is 0. The number of hydrogen-bond donors (Lipinski definition) is 2. The lowest BCUT2D eigenvalue weighted by molar-refractivity contribution is 0.102. The van der Waals surface area contributed by atoms with Crippen molar-refractivity contribution in [2.45, 2.75) is 71.1 Å². The van der Waals surface area contributed by atoms with Gasteiger partial charge >= 0.3 is 0 Å². The SMILES string of the molecule is CCCCCCCCCCCCOc1cc(C(=O)Nc2ccc(/C=C(\C#N)c3ccccc3)cc2)cc(C(=O)Nc2ccc(/C=C(/C#N)c3ccccc3)cc2)c1. The van der Waals surface area contributed by atoms with Crippen LogP contribution in [0.2, 0.25) is 0 Å². The zero-order valence-corrected chi connectivity index (χ0v) is 32.7. The van der Waals surface area contributed by atoms with Gasteiger partial charge in [-0.1, -0.05) is 150 Å². The fourth-order valence-electron chi connectivity index (χ4n) is 6.39. The largest absolute Gasteiger partial charge is 0.494 e. The lowest BCUT2D eigenvalue weighted by Crippen LogP contribution is -2.16. The Hall–Kier alpha value is -6.70. The van der Waals surface area contributed by atoms with Crippen molar-refractivity contribution in [2.75, 3.05) is 17.2 Å². The van der Waals surface area contributed by atoms with Gasteiger partial charge < -0.3 is 15.4 Å². The van der Waals surface area contributed by atoms with Crippen LogP contribution >= 0.6 is 0 Å². The number of nitrogens with one attached hydrogen (secondary N) is 2. The van der Waals surface area contributed by atoms with E-state index in [1.54, 1.807) is 54.6 Å². The summed E-state index contributed by atoms with van der Waals surface area (Å²) in [5.74, 6) is -0.331. The Kier molecular flexibility index (Phi) is 16.5. The molecule has 0 fully saturated rings. The number of nitrogens with zero attached hydrogens (tertiary/aromatic N) is 2. The first-order valence-electron chi connectivity index (χ1n) is 19.9. The molecule has 0 spiro atoms. The quantitative estimate of drug-likeness (QED) is 0.0466. The van der Waals surface area contributed by atoms with Crippen molar-refractivity contribution in [3.63, 3.8) is 0 Å². The van der Waals surface area contributed by atoms with E-state index < -0.39 is 0 Å². The highest BCUT2D eigenvalue weighted by Gasteiger charge is 2.15. The number of rotatable bonds is 20. The van der Waals surface area contributed by atoms with Crippen molar-refractivity contribution in [1.82, 2.24) is 0 Å². The molecule has 0 aliphatic heterocycles. The number of carbonyl (C=O) groups excluding carboxylic acids is 2. The molecule has 0 saturated heterocycles. The zero-order chi connectivity index (χ0) is 40.1. The minimum absolute atomic E-state index is 0.283. The normalized spacial score (nSPS) is 11.3. The summed E-state index contributed by atoms with van der Waals surface area (Å²) in [5.41, 5.74) is 6.08. The van der Waals surface area contributed by atoms with Crippen LogP contribution in [0.5, 0.6) is 5.75 Å². The number of allylic oxidation sites excluding steroid dienone is 2. The average Bonchev–Trinajstić information content (AvgIpc) is 3.25. The first kappa shape index (κ1) is 41.5. The summed E-state index contributed by atoms with van der Waals surface area (Å²) >= 11 is 0. The van der Waals surface area contributed by atoms with Crippen molar-refractivity contribution >= 4 is 46.5 Å². The molecule has 0 radical (unpaired) electrons. The number of unbranched alkanes of at least 4 members (excludes halogenated alkanes) is 9. The highest BCUT2D eigenvalue weighted by molar-refractivity contribution is 6.09. The molecule has 7 nitrogen and oxygen atoms in total. The highest BCUT2D eigenvalue weighted by Crippen LogP contribution is 2.24. The summed E-state index contributed by atoms with van der Waals surface area (Å²) < 4.78 is 6.13. The summed E-state index contributed by atoms with van der Waals surface area (Å²) in [6, 6.07) is 42.8. The maximum absolute atomic E-state index is 13.6. The fourth-order valence-corrected chi connectivity index (χ4v) is 6.39. The molecule has 0 unspecified atom stereocenters. The molecular weight excluding hydrogens is 705 g/mol. The molecule has 7 heteroatoms. The summed E-state index contributed by atoms with van der Waals surface area (Å²) in [6.07, 6.45) is 15.7. The minimum atomic E-state index is -0.387. The van der Waals surface area contributed by atoms with Gasteiger partial charge in [0.1, 0.15) is 5.75 Å². The molecule has 288 valence electrons. The van der Waals surface area contributed by atoms with Gasteiger partial charge in [-0.2, -0.15) is 10.5 Å². The number of anilines is 2. The van der Waals surface area contributed by atoms with Crippen LogP contribution in [0.4, 0.5) is 11.4 Å². The number of carbonyl (C=O) groups is 2. The van der Waals surface area contributed by atoms with E-state index in [1.807, 2.05) is 84.9 Å². The standard InChI is InChI=1S/C50H50N4O3/c1-2-3-4-5-6-7-8-9-10-17-30-57-48-34-42(49(55)53-46-26-22-38(23-27-46)31-44(36-51)40-18-13-11-14-19-40)33-43(35-48)50(56)54-47-28-24-39(25-29-47)32-45(37-52)41-20-15-12-16-21-41/h11-16,18-29,31-35H,2-10,17,30H2,1H3,(H,53,55)(H,54,56)/b44-31-,45-32+. The van der Waals surface area contributed by atoms with Gasteiger partial charge in [0.2, 0.25) is 0 Å². The first-order chi connectivity index (χ1) is 27.9. The van der Waals surface area contributed by atoms with Gasteiger partial charge in [-0.3, -0.25) is 9.59 Å². The van der Waals surface area contributed by atoms with Crippen LogP contribution in [0, 0.1) is 22.7 Å². The van der Waals surface area contributed by atoms with Crippen LogP contribution in [-0.2, 0) is 0 Å². The van der Waals surface area contributed by atoms with Gasteiger partial charge in [-0.25, -0.2) is 0 Å². The molecule has 0 bridgehead atoms. The molecule has 0 aromatic heterocycles. The molecule has 0 atom stereocenters. The fraction of sp³-hybridized carbons (Fsp3) is 0.240. The Balaban J connectivity index is 1.26. The van der Waals surface area contributed by atoms with Crippen LogP contribution in [0.3, 0.4) is 0 Å². The van der Waals surface area contributed by atoms with E-state index >= 15 is 0 Å². The summed E-state index contributed by atoms with van der Waals surface area (Å²) in [5, 5.41) is 25.3. The van der Waals surface area contributed by atoms with E-state index in [2.05, 4.69) is 29.7 Å². The number of ether oxygens (including phenoxy) is 1. The van der Waals surface area contributed by atoms with E-state index in [9.17, 15) is 20.1 Å². The molecule has 0 saturated carbocycles.